The number of rotatable bonds is 3. The van der Waals surface area contributed by atoms with Crippen molar-refractivity contribution >= 4 is 39.6 Å². The van der Waals surface area contributed by atoms with Gasteiger partial charge in [0.1, 0.15) is 11.2 Å². The molecule has 3 aromatic heterocycles. The highest BCUT2D eigenvalue weighted by molar-refractivity contribution is 6.02. The lowest BCUT2D eigenvalue weighted by atomic mass is 10.0. The minimum atomic E-state index is -1.27. The fraction of sp³-hybridized carbons (Fsp3) is 0.364. The van der Waals surface area contributed by atoms with E-state index in [1.807, 2.05) is 24.3 Å². The zero-order chi connectivity index (χ0) is 21.3. The molecule has 158 valence electrons. The van der Waals surface area contributed by atoms with Crippen molar-refractivity contribution in [2.24, 2.45) is 11.8 Å². The van der Waals surface area contributed by atoms with E-state index in [0.717, 1.165) is 43.8 Å². The molecule has 0 amide bonds. The summed E-state index contributed by atoms with van der Waals surface area (Å²) in [6.45, 7) is 7.25. The molecule has 2 saturated heterocycles. The number of para-hydroxylation sites is 2. The SMILES string of the molecule is CCN1CC2CN(c3ncc4c(=O)c(C(=O)O)c5[nH]c6ccccc6n5c4n3)CC2C1. The normalized spacial score (nSPS) is 21.5. The summed E-state index contributed by atoms with van der Waals surface area (Å²) in [6, 6.07) is 7.48. The standard InChI is InChI=1S/C22H22N6O3/c1-2-26-8-12-10-27(11-13(12)9-26)22-23-7-14-18(29)17(21(30)31)20-24-15-5-3-4-6-16(15)28(20)19(14)25-22/h3-7,12-13,24H,2,8-11H2,1H3,(H,30,31). The Labute approximate surface area is 176 Å². The Balaban J connectivity index is 1.55. The number of imidazole rings is 1. The average Bonchev–Trinajstić information content (AvgIpc) is 3.44. The molecule has 4 aromatic rings. The molecule has 2 N–H and O–H groups in total. The minimum absolute atomic E-state index is 0.208. The smallest absolute Gasteiger partial charge is 0.343 e. The van der Waals surface area contributed by atoms with Crippen LogP contribution in [0.1, 0.15) is 17.3 Å². The van der Waals surface area contributed by atoms with Gasteiger partial charge in [0.2, 0.25) is 11.4 Å². The highest BCUT2D eigenvalue weighted by atomic mass is 16.4. The maximum Gasteiger partial charge on any atom is 0.343 e. The fourth-order valence-electron chi connectivity index (χ4n) is 5.27. The molecule has 0 aliphatic carbocycles. The largest absolute Gasteiger partial charge is 0.477 e. The molecule has 9 heteroatoms. The van der Waals surface area contributed by atoms with Crippen LogP contribution in [-0.2, 0) is 0 Å². The van der Waals surface area contributed by atoms with E-state index in [1.54, 1.807) is 4.40 Å². The van der Waals surface area contributed by atoms with Crippen LogP contribution in [0, 0.1) is 11.8 Å². The van der Waals surface area contributed by atoms with Gasteiger partial charge < -0.3 is 19.9 Å². The molecule has 0 bridgehead atoms. The molecule has 0 spiro atoms. The summed E-state index contributed by atoms with van der Waals surface area (Å²) in [7, 11) is 0. The molecule has 2 fully saturated rings. The van der Waals surface area contributed by atoms with Gasteiger partial charge in [-0.05, 0) is 30.5 Å². The molecular weight excluding hydrogens is 396 g/mol. The summed E-state index contributed by atoms with van der Waals surface area (Å²) in [4.78, 5) is 41.9. The van der Waals surface area contributed by atoms with Crippen molar-refractivity contribution in [1.29, 1.82) is 0 Å². The lowest BCUT2D eigenvalue weighted by Gasteiger charge is -2.20. The molecule has 2 unspecified atom stereocenters. The number of aromatic carboxylic acids is 1. The highest BCUT2D eigenvalue weighted by Crippen LogP contribution is 2.33. The van der Waals surface area contributed by atoms with Gasteiger partial charge in [0.25, 0.3) is 0 Å². The number of H-pyrrole nitrogens is 1. The van der Waals surface area contributed by atoms with E-state index in [1.165, 1.54) is 6.20 Å². The predicted octanol–water partition coefficient (Wildman–Crippen LogP) is 1.81. The van der Waals surface area contributed by atoms with Gasteiger partial charge in [-0.3, -0.25) is 9.20 Å². The van der Waals surface area contributed by atoms with Gasteiger partial charge >= 0.3 is 5.97 Å². The molecule has 2 atom stereocenters. The van der Waals surface area contributed by atoms with Gasteiger partial charge in [0.05, 0.1) is 16.4 Å². The Hall–Kier alpha value is -3.46. The summed E-state index contributed by atoms with van der Waals surface area (Å²) in [5.74, 6) is 0.522. The van der Waals surface area contributed by atoms with Gasteiger partial charge in [-0.15, -0.1) is 0 Å². The van der Waals surface area contributed by atoms with E-state index in [9.17, 15) is 14.7 Å². The van der Waals surface area contributed by atoms with Crippen molar-refractivity contribution < 1.29 is 9.90 Å². The maximum atomic E-state index is 13.0. The number of likely N-dealkylation sites (tertiary alicyclic amines) is 1. The second-order valence-electron chi connectivity index (χ2n) is 8.52. The van der Waals surface area contributed by atoms with Crippen LogP contribution >= 0.6 is 0 Å². The average molecular weight is 418 g/mol. The van der Waals surface area contributed by atoms with E-state index in [2.05, 4.69) is 26.7 Å². The molecule has 9 nitrogen and oxygen atoms in total. The van der Waals surface area contributed by atoms with Crippen LogP contribution < -0.4 is 10.3 Å². The highest BCUT2D eigenvalue weighted by Gasteiger charge is 2.40. The van der Waals surface area contributed by atoms with Crippen LogP contribution in [0.3, 0.4) is 0 Å². The first-order valence-corrected chi connectivity index (χ1v) is 10.6. The van der Waals surface area contributed by atoms with Crippen LogP contribution in [0.25, 0.3) is 27.7 Å². The van der Waals surface area contributed by atoms with E-state index in [0.29, 0.717) is 23.4 Å². The monoisotopic (exact) mass is 418 g/mol. The number of hydrogen-bond donors (Lipinski definition) is 2. The number of carboxylic acids is 1. The van der Waals surface area contributed by atoms with Crippen molar-refractivity contribution in [3.8, 4) is 0 Å². The molecule has 0 radical (unpaired) electrons. The quantitative estimate of drug-likeness (QED) is 0.523. The van der Waals surface area contributed by atoms with Crippen molar-refractivity contribution in [3.63, 3.8) is 0 Å². The van der Waals surface area contributed by atoms with Crippen molar-refractivity contribution in [3.05, 3.63) is 46.2 Å². The van der Waals surface area contributed by atoms with Crippen LogP contribution in [0.4, 0.5) is 5.95 Å². The molecule has 1 aromatic carbocycles. The Morgan fingerprint density at radius 3 is 2.65 bits per heavy atom. The molecule has 2 aliphatic heterocycles. The number of aromatic nitrogens is 4. The molecule has 6 rings (SSSR count). The van der Waals surface area contributed by atoms with Crippen LogP contribution in [0.2, 0.25) is 0 Å². The maximum absolute atomic E-state index is 13.0. The first-order valence-electron chi connectivity index (χ1n) is 10.6. The van der Waals surface area contributed by atoms with E-state index in [4.69, 9.17) is 4.98 Å². The first-order chi connectivity index (χ1) is 15.0. The molecule has 2 aliphatic rings. The van der Waals surface area contributed by atoms with Crippen molar-refractivity contribution in [2.75, 3.05) is 37.6 Å². The molecule has 5 heterocycles. The number of carbonyl (C=O) groups is 1. The Bertz CT molecular complexity index is 1410. The van der Waals surface area contributed by atoms with E-state index >= 15 is 0 Å². The third kappa shape index (κ3) is 2.59. The summed E-state index contributed by atoms with van der Waals surface area (Å²) in [6.07, 6.45) is 1.48. The van der Waals surface area contributed by atoms with Crippen LogP contribution in [0.5, 0.6) is 0 Å². The van der Waals surface area contributed by atoms with Crippen molar-refractivity contribution in [2.45, 2.75) is 6.92 Å². The molecule has 0 saturated carbocycles. The van der Waals surface area contributed by atoms with Gasteiger partial charge in [-0.1, -0.05) is 19.1 Å². The minimum Gasteiger partial charge on any atom is -0.477 e. The third-order valence-electron chi connectivity index (χ3n) is 6.80. The summed E-state index contributed by atoms with van der Waals surface area (Å²) in [5, 5.41) is 9.93. The summed E-state index contributed by atoms with van der Waals surface area (Å²) < 4.78 is 1.73. The molecule has 31 heavy (non-hydrogen) atoms. The van der Waals surface area contributed by atoms with Gasteiger partial charge in [0.15, 0.2) is 5.65 Å². The number of nitrogens with one attached hydrogen (secondary N) is 1. The van der Waals surface area contributed by atoms with Crippen LogP contribution in [-0.4, -0.2) is 68.1 Å². The number of hydrogen-bond acceptors (Lipinski definition) is 6. The Morgan fingerprint density at radius 1 is 1.19 bits per heavy atom. The number of carboxylic acid groups (broad SMARTS) is 1. The van der Waals surface area contributed by atoms with Gasteiger partial charge in [0, 0.05) is 32.4 Å². The molecular formula is C22H22N6O3. The first kappa shape index (κ1) is 18.3. The number of benzene rings is 1. The second kappa shape index (κ2) is 6.52. The number of aromatic amines is 1. The topological polar surface area (TPSA) is 107 Å². The predicted molar refractivity (Wildman–Crippen MR) is 117 cm³/mol. The van der Waals surface area contributed by atoms with Crippen molar-refractivity contribution in [1.82, 2.24) is 24.3 Å². The van der Waals surface area contributed by atoms with E-state index in [-0.39, 0.29) is 16.6 Å². The number of nitrogens with zero attached hydrogens (tertiary/aromatic N) is 5. The Morgan fingerprint density at radius 2 is 1.94 bits per heavy atom. The number of pyridine rings is 1. The van der Waals surface area contributed by atoms with E-state index < -0.39 is 11.4 Å². The number of fused-ring (bicyclic) bond motifs is 6. The lowest BCUT2D eigenvalue weighted by molar-refractivity contribution is 0.0697. The summed E-state index contributed by atoms with van der Waals surface area (Å²) in [5.41, 5.74) is 1.32. The lowest BCUT2D eigenvalue weighted by Crippen LogP contribution is -2.30. The summed E-state index contributed by atoms with van der Waals surface area (Å²) >= 11 is 0. The number of anilines is 1. The zero-order valence-electron chi connectivity index (χ0n) is 17.1. The van der Waals surface area contributed by atoms with Crippen LogP contribution in [0.15, 0.2) is 35.3 Å². The van der Waals surface area contributed by atoms with Gasteiger partial charge in [-0.2, -0.15) is 4.98 Å². The van der Waals surface area contributed by atoms with Gasteiger partial charge in [-0.25, -0.2) is 9.78 Å². The Kier molecular flexibility index (Phi) is 3.85. The zero-order valence-corrected chi connectivity index (χ0v) is 17.1. The fourth-order valence-corrected chi connectivity index (χ4v) is 5.27. The second-order valence-corrected chi connectivity index (χ2v) is 8.52. The third-order valence-corrected chi connectivity index (χ3v) is 6.80.